The molecule has 6 rings (SSSR count). The smallest absolute Gasteiger partial charge is 0.410 e. The molecule has 1 fully saturated rings. The number of hydrogen-bond donors (Lipinski definition) is 1. The van der Waals surface area contributed by atoms with E-state index >= 15 is 0 Å². The molecule has 9 nitrogen and oxygen atoms in total. The van der Waals surface area contributed by atoms with E-state index in [0.29, 0.717) is 6.54 Å². The lowest BCUT2D eigenvalue weighted by atomic mass is 9.99. The Hall–Kier alpha value is -4.66. The summed E-state index contributed by atoms with van der Waals surface area (Å²) in [6, 6.07) is 19.2. The molecule has 0 spiro atoms. The number of carbonyl (C=O) groups excluding carboxylic acids is 1. The highest BCUT2D eigenvalue weighted by molar-refractivity contribution is 5.93. The van der Waals surface area contributed by atoms with Crippen molar-refractivity contribution in [1.82, 2.24) is 24.4 Å². The van der Waals surface area contributed by atoms with Gasteiger partial charge in [0, 0.05) is 49.5 Å². The van der Waals surface area contributed by atoms with Gasteiger partial charge >= 0.3 is 6.09 Å². The molecule has 0 bridgehead atoms. The van der Waals surface area contributed by atoms with Gasteiger partial charge in [-0.25, -0.2) is 19.7 Å². The number of benzene rings is 3. The Balaban J connectivity index is 1.18. The van der Waals surface area contributed by atoms with Crippen LogP contribution in [0.3, 0.4) is 0 Å². The van der Waals surface area contributed by atoms with Gasteiger partial charge in [0.05, 0.1) is 22.9 Å². The van der Waals surface area contributed by atoms with Gasteiger partial charge in [-0.05, 0) is 100 Å². The van der Waals surface area contributed by atoms with E-state index in [4.69, 9.17) is 4.74 Å². The van der Waals surface area contributed by atoms with E-state index in [1.54, 1.807) is 6.33 Å². The largest absolute Gasteiger partial charge is 0.444 e. The number of fused-ring (bicyclic) bond motifs is 2. The van der Waals surface area contributed by atoms with E-state index in [0.717, 1.165) is 58.6 Å². The number of nitrogens with one attached hydrogen (secondary N) is 1. The maximum Gasteiger partial charge on any atom is 0.410 e. The fourth-order valence-corrected chi connectivity index (χ4v) is 5.75. The third-order valence-electron chi connectivity index (χ3n) is 8.03. The molecule has 222 valence electrons. The number of aryl methyl sites for hydroxylation is 2. The summed E-state index contributed by atoms with van der Waals surface area (Å²) in [5, 5.41) is 4.49. The molecule has 1 atom stereocenters. The lowest BCUT2D eigenvalue weighted by Crippen LogP contribution is -2.55. The Labute approximate surface area is 252 Å². The monoisotopic (exact) mass is 577 g/mol. The third kappa shape index (κ3) is 6.11. The third-order valence-corrected chi connectivity index (χ3v) is 8.03. The second-order valence-corrected chi connectivity index (χ2v) is 12.5. The molecule has 0 unspecified atom stereocenters. The van der Waals surface area contributed by atoms with Crippen LogP contribution in [0.2, 0.25) is 0 Å². The summed E-state index contributed by atoms with van der Waals surface area (Å²) in [5.41, 5.74) is 8.30. The lowest BCUT2D eigenvalue weighted by Gasteiger charge is -2.41. The van der Waals surface area contributed by atoms with Crippen LogP contribution in [0.1, 0.15) is 44.4 Å². The Morgan fingerprint density at radius 1 is 1.00 bits per heavy atom. The molecule has 1 aliphatic heterocycles. The van der Waals surface area contributed by atoms with Gasteiger partial charge in [0.25, 0.3) is 0 Å². The predicted molar refractivity (Wildman–Crippen MR) is 172 cm³/mol. The van der Waals surface area contributed by atoms with E-state index < -0.39 is 5.60 Å². The minimum absolute atomic E-state index is 0.0243. The first-order valence-corrected chi connectivity index (χ1v) is 14.8. The summed E-state index contributed by atoms with van der Waals surface area (Å²) >= 11 is 0. The normalized spacial score (nSPS) is 15.7. The van der Waals surface area contributed by atoms with Crippen molar-refractivity contribution in [3.8, 4) is 0 Å². The summed E-state index contributed by atoms with van der Waals surface area (Å²) in [5.74, 6) is 0.764. The fraction of sp³-hybridized carbons (Fsp3) is 0.353. The maximum absolute atomic E-state index is 12.7. The molecule has 1 aliphatic rings. The minimum atomic E-state index is -0.510. The molecule has 3 aromatic carbocycles. The molecular weight excluding hydrogens is 538 g/mol. The fourth-order valence-electron chi connectivity index (χ4n) is 5.75. The topological polar surface area (TPSA) is 88.4 Å². The molecule has 43 heavy (non-hydrogen) atoms. The van der Waals surface area contributed by atoms with Crippen LogP contribution < -0.4 is 10.2 Å². The molecule has 2 aromatic heterocycles. The molecule has 9 heteroatoms. The molecule has 5 aromatic rings. The van der Waals surface area contributed by atoms with E-state index in [9.17, 15) is 4.79 Å². The number of ether oxygens (including phenoxy) is 1. The van der Waals surface area contributed by atoms with Gasteiger partial charge in [-0.2, -0.15) is 0 Å². The van der Waals surface area contributed by atoms with Crippen LogP contribution in [0.5, 0.6) is 0 Å². The molecule has 1 amide bonds. The predicted octanol–water partition coefficient (Wildman–Crippen LogP) is 6.60. The van der Waals surface area contributed by atoms with Crippen molar-refractivity contribution in [2.75, 3.05) is 29.9 Å². The van der Waals surface area contributed by atoms with Crippen molar-refractivity contribution in [2.24, 2.45) is 7.05 Å². The van der Waals surface area contributed by atoms with E-state index in [1.807, 2.05) is 49.7 Å². The first-order chi connectivity index (χ1) is 20.5. The van der Waals surface area contributed by atoms with Crippen molar-refractivity contribution in [3.63, 3.8) is 0 Å². The number of aromatic nitrogens is 4. The molecule has 0 aliphatic carbocycles. The molecule has 1 saturated heterocycles. The quantitative estimate of drug-likeness (QED) is 0.252. The van der Waals surface area contributed by atoms with Gasteiger partial charge in [0.15, 0.2) is 0 Å². The molecular formula is C34H39N7O2. The summed E-state index contributed by atoms with van der Waals surface area (Å²) in [7, 11) is 2.02. The van der Waals surface area contributed by atoms with E-state index in [2.05, 4.69) is 87.5 Å². The zero-order chi connectivity index (χ0) is 30.3. The summed E-state index contributed by atoms with van der Waals surface area (Å²) in [6.45, 7) is 11.9. The molecule has 1 N–H and O–H groups in total. The van der Waals surface area contributed by atoms with Crippen molar-refractivity contribution in [3.05, 3.63) is 83.9 Å². The van der Waals surface area contributed by atoms with Crippen LogP contribution in [-0.2, 0) is 18.2 Å². The Bertz CT molecular complexity index is 1810. The first-order valence-electron chi connectivity index (χ1n) is 14.8. The maximum atomic E-state index is 12.7. The van der Waals surface area contributed by atoms with Crippen LogP contribution in [0.25, 0.3) is 21.9 Å². The van der Waals surface area contributed by atoms with Gasteiger partial charge in [0.1, 0.15) is 17.7 Å². The van der Waals surface area contributed by atoms with Gasteiger partial charge in [0.2, 0.25) is 0 Å². The number of carbonyl (C=O) groups is 1. The Morgan fingerprint density at radius 2 is 1.84 bits per heavy atom. The summed E-state index contributed by atoms with van der Waals surface area (Å²) in [4.78, 5) is 30.5. The van der Waals surface area contributed by atoms with Gasteiger partial charge in [-0.3, -0.25) is 0 Å². The van der Waals surface area contributed by atoms with E-state index in [-0.39, 0.29) is 12.1 Å². The van der Waals surface area contributed by atoms with Crippen molar-refractivity contribution in [2.45, 2.75) is 52.7 Å². The first kappa shape index (κ1) is 28.5. The van der Waals surface area contributed by atoms with Crippen molar-refractivity contribution < 1.29 is 9.53 Å². The van der Waals surface area contributed by atoms with Crippen molar-refractivity contribution >= 4 is 45.2 Å². The second-order valence-electron chi connectivity index (χ2n) is 12.5. The Morgan fingerprint density at radius 3 is 2.60 bits per heavy atom. The zero-order valence-electron chi connectivity index (χ0n) is 25.8. The van der Waals surface area contributed by atoms with Crippen LogP contribution in [0.4, 0.5) is 22.0 Å². The molecule has 0 radical (unpaired) electrons. The van der Waals surface area contributed by atoms with Crippen LogP contribution in [0.15, 0.2) is 67.3 Å². The van der Waals surface area contributed by atoms with Gasteiger partial charge in [-0.1, -0.05) is 12.1 Å². The van der Waals surface area contributed by atoms with Gasteiger partial charge in [-0.15, -0.1) is 0 Å². The standard InChI is InChI=1S/C34H39N7O2/c1-22-15-26(9-8-25(22)16-24-7-12-31-30(17-24)37-21-39(31)6)38-32-28-18-27(10-11-29(28)35-20-36-32)40-13-14-41(23(2)19-40)33(42)43-34(3,4)5/h7-12,15,17-18,20-21,23H,13-14,16,19H2,1-6H3,(H,35,36,38)/t23-/m1/s1. The zero-order valence-corrected chi connectivity index (χ0v) is 25.8. The minimum Gasteiger partial charge on any atom is -0.444 e. The summed E-state index contributed by atoms with van der Waals surface area (Å²) < 4.78 is 7.66. The van der Waals surface area contributed by atoms with Gasteiger partial charge < -0.3 is 24.4 Å². The average molecular weight is 578 g/mol. The second kappa shape index (κ2) is 11.2. The number of anilines is 3. The average Bonchev–Trinajstić information content (AvgIpc) is 3.33. The van der Waals surface area contributed by atoms with Crippen LogP contribution in [0, 0.1) is 6.92 Å². The Kier molecular flexibility index (Phi) is 7.42. The number of hydrogen-bond acceptors (Lipinski definition) is 7. The van der Waals surface area contributed by atoms with E-state index in [1.165, 1.54) is 16.7 Å². The number of amides is 1. The highest BCUT2D eigenvalue weighted by Gasteiger charge is 2.31. The highest BCUT2D eigenvalue weighted by Crippen LogP contribution is 2.30. The van der Waals surface area contributed by atoms with Crippen LogP contribution >= 0.6 is 0 Å². The highest BCUT2D eigenvalue weighted by atomic mass is 16.6. The lowest BCUT2D eigenvalue weighted by molar-refractivity contribution is 0.0159. The molecule has 0 saturated carbocycles. The SMILES string of the molecule is Cc1cc(Nc2ncnc3ccc(N4CCN(C(=O)OC(C)(C)C)[C@H](C)C4)cc23)ccc1Cc1ccc2c(c1)ncn2C. The number of nitrogens with zero attached hydrogens (tertiary/aromatic N) is 6. The molecule has 3 heterocycles. The number of piperazine rings is 1. The number of rotatable bonds is 5. The van der Waals surface area contributed by atoms with Crippen LogP contribution in [-0.4, -0.2) is 61.8 Å². The summed E-state index contributed by atoms with van der Waals surface area (Å²) in [6.07, 6.45) is 4.04. The van der Waals surface area contributed by atoms with Crippen molar-refractivity contribution in [1.29, 1.82) is 0 Å². The number of imidazole rings is 1.